The average molecular weight is 225 g/mol. The van der Waals surface area contributed by atoms with Gasteiger partial charge in [-0.05, 0) is 25.0 Å². The molecule has 0 heterocycles. The molecule has 1 aromatic rings. The van der Waals surface area contributed by atoms with Gasteiger partial charge in [0.1, 0.15) is 0 Å². The zero-order chi connectivity index (χ0) is 11.6. The number of nitrogens with zero attached hydrogens (tertiary/aromatic N) is 1. The maximum Gasteiger partial charge on any atom is 0.256 e. The molecule has 0 fully saturated rings. The van der Waals surface area contributed by atoms with Gasteiger partial charge in [0.25, 0.3) is 10.0 Å². The van der Waals surface area contributed by atoms with Crippen molar-refractivity contribution in [1.82, 2.24) is 0 Å². The summed E-state index contributed by atoms with van der Waals surface area (Å²) in [6.07, 6.45) is 0. The zero-order valence-electron chi connectivity index (χ0n) is 9.19. The van der Waals surface area contributed by atoms with Crippen LogP contribution >= 0.6 is 0 Å². The Balaban J connectivity index is 3.35. The quantitative estimate of drug-likeness (QED) is 0.791. The van der Waals surface area contributed by atoms with E-state index in [0.29, 0.717) is 0 Å². The van der Waals surface area contributed by atoms with Crippen LogP contribution in [0.4, 0.5) is 5.69 Å². The molecule has 0 saturated carbocycles. The molecule has 0 aliphatic heterocycles. The van der Waals surface area contributed by atoms with Gasteiger partial charge in [-0.15, -0.1) is 0 Å². The van der Waals surface area contributed by atoms with Crippen molar-refractivity contribution in [2.45, 2.75) is 13.8 Å². The Morgan fingerprint density at radius 3 is 2.13 bits per heavy atom. The lowest BCUT2D eigenvalue weighted by Gasteiger charge is -2.21. The molecule has 0 aromatic heterocycles. The molecule has 0 aliphatic carbocycles. The maximum atomic E-state index is 11.6. The summed E-state index contributed by atoms with van der Waals surface area (Å²) in [5.74, 6) is 0. The third-order valence-corrected chi connectivity index (χ3v) is 3.71. The molecule has 0 radical (unpaired) electrons. The summed E-state index contributed by atoms with van der Waals surface area (Å²) < 4.78 is 24.5. The minimum atomic E-state index is -3.40. The summed E-state index contributed by atoms with van der Waals surface area (Å²) in [5, 5.41) is 0.957. The van der Waals surface area contributed by atoms with Gasteiger partial charge in [-0.2, -0.15) is 0 Å². The monoisotopic (exact) mass is 225 g/mol. The van der Waals surface area contributed by atoms with E-state index < -0.39 is 10.0 Å². The first-order valence-electron chi connectivity index (χ1n) is 4.57. The summed E-state index contributed by atoms with van der Waals surface area (Å²) >= 11 is 0. The van der Waals surface area contributed by atoms with Crippen LogP contribution in [-0.2, 0) is 10.0 Å². The van der Waals surface area contributed by atoms with Crippen molar-refractivity contribution in [3.05, 3.63) is 41.3 Å². The number of hydrogen-bond donors (Lipinski definition) is 0. The van der Waals surface area contributed by atoms with Crippen molar-refractivity contribution in [3.8, 4) is 0 Å². The lowest BCUT2D eigenvalue weighted by atomic mass is 10.1. The smallest absolute Gasteiger partial charge is 0.256 e. The van der Waals surface area contributed by atoms with Crippen molar-refractivity contribution in [2.24, 2.45) is 0 Å². The van der Waals surface area contributed by atoms with Crippen molar-refractivity contribution in [1.29, 1.82) is 0 Å². The molecule has 0 unspecified atom stereocenters. The standard InChI is InChI=1S/C11H15NO2S/c1-5-15(13,14)12(4)11-9(2)7-6-8-10(11)3/h5-8H,1H2,2-4H3. The number of rotatable bonds is 3. The van der Waals surface area contributed by atoms with Gasteiger partial charge in [0, 0.05) is 12.5 Å². The van der Waals surface area contributed by atoms with Gasteiger partial charge >= 0.3 is 0 Å². The second-order valence-corrected chi connectivity index (χ2v) is 5.33. The molecule has 1 aromatic carbocycles. The molecule has 4 heteroatoms. The van der Waals surface area contributed by atoms with E-state index in [1.165, 1.54) is 11.4 Å². The molecule has 0 aliphatic rings. The van der Waals surface area contributed by atoms with E-state index in [9.17, 15) is 8.42 Å². The van der Waals surface area contributed by atoms with Gasteiger partial charge in [0.15, 0.2) is 0 Å². The predicted molar refractivity (Wildman–Crippen MR) is 63.4 cm³/mol. The van der Waals surface area contributed by atoms with Crippen LogP contribution < -0.4 is 4.31 Å². The first-order valence-corrected chi connectivity index (χ1v) is 6.08. The van der Waals surface area contributed by atoms with E-state index in [4.69, 9.17) is 0 Å². The van der Waals surface area contributed by atoms with Crippen LogP contribution in [0.25, 0.3) is 0 Å². The lowest BCUT2D eigenvalue weighted by Crippen LogP contribution is -2.25. The highest BCUT2D eigenvalue weighted by molar-refractivity contribution is 7.95. The van der Waals surface area contributed by atoms with Crippen LogP contribution in [0.1, 0.15) is 11.1 Å². The summed E-state index contributed by atoms with van der Waals surface area (Å²) in [5.41, 5.74) is 2.59. The fourth-order valence-electron chi connectivity index (χ4n) is 1.54. The predicted octanol–water partition coefficient (Wildman–Crippen LogP) is 2.21. The number of aryl methyl sites for hydroxylation is 2. The van der Waals surface area contributed by atoms with Crippen LogP contribution in [0.2, 0.25) is 0 Å². The third-order valence-electron chi connectivity index (χ3n) is 2.35. The second kappa shape index (κ2) is 4.06. The maximum absolute atomic E-state index is 11.6. The van der Waals surface area contributed by atoms with E-state index in [0.717, 1.165) is 22.2 Å². The van der Waals surface area contributed by atoms with Crippen LogP contribution in [0.5, 0.6) is 0 Å². The molecule has 82 valence electrons. The molecular weight excluding hydrogens is 210 g/mol. The highest BCUT2D eigenvalue weighted by atomic mass is 32.2. The minimum Gasteiger partial charge on any atom is -0.269 e. The minimum absolute atomic E-state index is 0.720. The third kappa shape index (κ3) is 2.21. The highest BCUT2D eigenvalue weighted by Crippen LogP contribution is 2.25. The molecule has 15 heavy (non-hydrogen) atoms. The number of hydrogen-bond acceptors (Lipinski definition) is 2. The SMILES string of the molecule is C=CS(=O)(=O)N(C)c1c(C)cccc1C. The first-order chi connectivity index (χ1) is 6.90. The number of para-hydroxylation sites is 1. The Bertz CT molecular complexity index is 457. The van der Waals surface area contributed by atoms with Crippen LogP contribution in [-0.4, -0.2) is 15.5 Å². The number of anilines is 1. The molecule has 0 spiro atoms. The molecule has 0 atom stereocenters. The van der Waals surface area contributed by atoms with Gasteiger partial charge in [-0.1, -0.05) is 24.8 Å². The van der Waals surface area contributed by atoms with E-state index in [1.807, 2.05) is 32.0 Å². The van der Waals surface area contributed by atoms with E-state index >= 15 is 0 Å². The van der Waals surface area contributed by atoms with Crippen molar-refractivity contribution in [3.63, 3.8) is 0 Å². The van der Waals surface area contributed by atoms with Crippen LogP contribution in [0.15, 0.2) is 30.2 Å². The first kappa shape index (κ1) is 11.8. The van der Waals surface area contributed by atoms with Crippen molar-refractivity contribution >= 4 is 15.7 Å². The number of benzene rings is 1. The molecule has 0 bridgehead atoms. The fourth-order valence-corrected chi connectivity index (χ4v) is 2.31. The Hall–Kier alpha value is -1.29. The molecular formula is C11H15NO2S. The van der Waals surface area contributed by atoms with Gasteiger partial charge in [-0.3, -0.25) is 4.31 Å². The van der Waals surface area contributed by atoms with Crippen molar-refractivity contribution in [2.75, 3.05) is 11.4 Å². The Morgan fingerprint density at radius 1 is 1.27 bits per heavy atom. The van der Waals surface area contributed by atoms with E-state index in [1.54, 1.807) is 0 Å². The van der Waals surface area contributed by atoms with Crippen molar-refractivity contribution < 1.29 is 8.42 Å². The van der Waals surface area contributed by atoms with Crippen LogP contribution in [0.3, 0.4) is 0 Å². The fraction of sp³-hybridized carbons (Fsp3) is 0.273. The number of sulfonamides is 1. The van der Waals surface area contributed by atoms with Gasteiger partial charge in [0.2, 0.25) is 0 Å². The largest absolute Gasteiger partial charge is 0.269 e. The average Bonchev–Trinajstić information content (AvgIpc) is 2.17. The molecule has 3 nitrogen and oxygen atoms in total. The summed E-state index contributed by atoms with van der Waals surface area (Å²) in [4.78, 5) is 0. The molecule has 0 saturated heterocycles. The summed E-state index contributed by atoms with van der Waals surface area (Å²) in [6.45, 7) is 7.08. The Labute approximate surface area is 91.1 Å². The second-order valence-electron chi connectivity index (χ2n) is 3.42. The normalized spacial score (nSPS) is 11.1. The topological polar surface area (TPSA) is 37.4 Å². The molecule has 1 rings (SSSR count). The molecule has 0 amide bonds. The van der Waals surface area contributed by atoms with Crippen LogP contribution in [0, 0.1) is 13.8 Å². The highest BCUT2D eigenvalue weighted by Gasteiger charge is 2.17. The van der Waals surface area contributed by atoms with E-state index in [-0.39, 0.29) is 0 Å². The van der Waals surface area contributed by atoms with Gasteiger partial charge in [-0.25, -0.2) is 8.42 Å². The van der Waals surface area contributed by atoms with E-state index in [2.05, 4.69) is 6.58 Å². The van der Waals surface area contributed by atoms with Gasteiger partial charge < -0.3 is 0 Å². The van der Waals surface area contributed by atoms with Gasteiger partial charge in [0.05, 0.1) is 5.69 Å². The Kier molecular flexibility index (Phi) is 3.19. The summed E-state index contributed by atoms with van der Waals surface area (Å²) in [6, 6.07) is 5.68. The zero-order valence-corrected chi connectivity index (χ0v) is 10.0. The lowest BCUT2D eigenvalue weighted by molar-refractivity contribution is 0.603. The summed E-state index contributed by atoms with van der Waals surface area (Å²) in [7, 11) is -1.86. The Morgan fingerprint density at radius 2 is 1.73 bits per heavy atom. The molecule has 0 N–H and O–H groups in total.